The normalized spacial score (nSPS) is 10.9. The molecule has 62 valence electrons. The lowest BCUT2D eigenvalue weighted by atomic mass is 10.3. The average Bonchev–Trinajstić information content (AvgIpc) is 2.28. The quantitative estimate of drug-likeness (QED) is 0.694. The third kappa shape index (κ3) is 1.03. The number of rotatable bonds is 0. The van der Waals surface area contributed by atoms with Gasteiger partial charge in [0.25, 0.3) is 0 Å². The maximum Gasteiger partial charge on any atom is 0.231 e. The van der Waals surface area contributed by atoms with Crippen molar-refractivity contribution in [3.8, 4) is 0 Å². The van der Waals surface area contributed by atoms with Crippen LogP contribution in [0.15, 0.2) is 15.3 Å². The second-order valence-electron chi connectivity index (χ2n) is 2.64. The van der Waals surface area contributed by atoms with Gasteiger partial charge in [-0.2, -0.15) is 4.98 Å². The van der Waals surface area contributed by atoms with E-state index in [-0.39, 0.29) is 0 Å². The van der Waals surface area contributed by atoms with Crippen molar-refractivity contribution < 1.29 is 4.42 Å². The van der Waals surface area contributed by atoms with Gasteiger partial charge in [-0.05, 0) is 29.8 Å². The van der Waals surface area contributed by atoms with Gasteiger partial charge in [0, 0.05) is 11.8 Å². The van der Waals surface area contributed by atoms with Crippen LogP contribution in [-0.2, 0) is 0 Å². The first-order chi connectivity index (χ1) is 5.68. The van der Waals surface area contributed by atoms with E-state index < -0.39 is 0 Å². The molecule has 2 aromatic rings. The zero-order valence-corrected chi connectivity index (χ0v) is 8.34. The Morgan fingerprint density at radius 1 is 1.42 bits per heavy atom. The molecule has 0 fully saturated rings. The Bertz CT molecular complexity index is 436. The van der Waals surface area contributed by atoms with Crippen molar-refractivity contribution in [1.29, 1.82) is 0 Å². The Labute approximate surface area is 77.9 Å². The summed E-state index contributed by atoms with van der Waals surface area (Å²) in [6, 6.07) is 0. The molecule has 2 aromatic heterocycles. The monoisotopic (exact) mass is 226 g/mol. The van der Waals surface area contributed by atoms with E-state index in [1.54, 1.807) is 6.20 Å². The third-order valence-corrected chi connectivity index (χ3v) is 2.52. The lowest BCUT2D eigenvalue weighted by molar-refractivity contribution is 0.571. The predicted octanol–water partition coefficient (Wildman–Crippen LogP) is 2.60. The Hall–Kier alpha value is -0.900. The van der Waals surface area contributed by atoms with Gasteiger partial charge in [0.1, 0.15) is 5.82 Å². The van der Waals surface area contributed by atoms with Crippen molar-refractivity contribution in [2.45, 2.75) is 13.8 Å². The Kier molecular flexibility index (Phi) is 1.65. The molecule has 0 saturated heterocycles. The summed E-state index contributed by atoms with van der Waals surface area (Å²) in [5.74, 6) is 0.726. The molecule has 0 aliphatic rings. The highest BCUT2D eigenvalue weighted by Gasteiger charge is 2.08. The van der Waals surface area contributed by atoms with Crippen LogP contribution < -0.4 is 0 Å². The molecule has 0 atom stereocenters. The standard InChI is InChI=1S/C8H7BrN2O/c1-4-6-3-10-5(2)11-8(6)12-7(4)9/h3H,1-2H3. The second-order valence-corrected chi connectivity index (χ2v) is 3.36. The lowest BCUT2D eigenvalue weighted by Gasteiger charge is -1.89. The molecule has 0 saturated carbocycles. The van der Waals surface area contributed by atoms with Gasteiger partial charge in [0.05, 0.1) is 5.39 Å². The van der Waals surface area contributed by atoms with E-state index in [1.807, 2.05) is 13.8 Å². The van der Waals surface area contributed by atoms with Crippen LogP contribution in [0.1, 0.15) is 11.4 Å². The summed E-state index contributed by atoms with van der Waals surface area (Å²) in [6.07, 6.45) is 1.78. The van der Waals surface area contributed by atoms with Gasteiger partial charge in [-0.3, -0.25) is 0 Å². The molecule has 0 unspecified atom stereocenters. The van der Waals surface area contributed by atoms with Crippen LogP contribution in [0.3, 0.4) is 0 Å². The summed E-state index contributed by atoms with van der Waals surface area (Å²) in [7, 11) is 0. The molecule has 3 nitrogen and oxygen atoms in total. The molecule has 2 heterocycles. The van der Waals surface area contributed by atoms with Gasteiger partial charge in [-0.1, -0.05) is 0 Å². The van der Waals surface area contributed by atoms with Crippen molar-refractivity contribution >= 4 is 27.0 Å². The molecule has 0 aliphatic carbocycles. The van der Waals surface area contributed by atoms with Gasteiger partial charge < -0.3 is 4.42 Å². The molecular formula is C8H7BrN2O. The number of hydrogen-bond donors (Lipinski definition) is 0. The Morgan fingerprint density at radius 3 is 2.92 bits per heavy atom. The number of aryl methyl sites for hydroxylation is 2. The molecule has 0 bridgehead atoms. The summed E-state index contributed by atoms with van der Waals surface area (Å²) in [5.41, 5.74) is 1.69. The number of nitrogens with zero attached hydrogens (tertiary/aromatic N) is 2. The summed E-state index contributed by atoms with van der Waals surface area (Å²) >= 11 is 3.30. The van der Waals surface area contributed by atoms with E-state index in [1.165, 1.54) is 0 Å². The Morgan fingerprint density at radius 2 is 2.17 bits per heavy atom. The van der Waals surface area contributed by atoms with E-state index in [4.69, 9.17) is 4.42 Å². The number of aromatic nitrogens is 2. The fraction of sp³-hybridized carbons (Fsp3) is 0.250. The highest BCUT2D eigenvalue weighted by Crippen LogP contribution is 2.26. The zero-order valence-electron chi connectivity index (χ0n) is 6.76. The van der Waals surface area contributed by atoms with E-state index in [0.717, 1.165) is 21.4 Å². The minimum absolute atomic E-state index is 0.645. The average molecular weight is 227 g/mol. The van der Waals surface area contributed by atoms with Crippen molar-refractivity contribution in [1.82, 2.24) is 9.97 Å². The van der Waals surface area contributed by atoms with E-state index in [9.17, 15) is 0 Å². The van der Waals surface area contributed by atoms with Crippen LogP contribution in [0, 0.1) is 13.8 Å². The summed E-state index contributed by atoms with van der Waals surface area (Å²) in [4.78, 5) is 8.24. The summed E-state index contributed by atoms with van der Waals surface area (Å²) < 4.78 is 6.08. The maximum atomic E-state index is 5.35. The van der Waals surface area contributed by atoms with Crippen LogP contribution in [0.4, 0.5) is 0 Å². The van der Waals surface area contributed by atoms with Crippen LogP contribution in [0.5, 0.6) is 0 Å². The van der Waals surface area contributed by atoms with Gasteiger partial charge in [-0.25, -0.2) is 4.98 Å². The van der Waals surface area contributed by atoms with Gasteiger partial charge in [0.15, 0.2) is 4.67 Å². The molecule has 0 spiro atoms. The van der Waals surface area contributed by atoms with E-state index >= 15 is 0 Å². The van der Waals surface area contributed by atoms with Crippen LogP contribution >= 0.6 is 15.9 Å². The molecule has 0 amide bonds. The van der Waals surface area contributed by atoms with Gasteiger partial charge >= 0.3 is 0 Å². The maximum absolute atomic E-state index is 5.35. The Balaban J connectivity index is 2.87. The predicted molar refractivity (Wildman–Crippen MR) is 49.0 cm³/mol. The molecule has 2 rings (SSSR count). The van der Waals surface area contributed by atoms with E-state index in [0.29, 0.717) is 5.71 Å². The first kappa shape index (κ1) is 7.73. The fourth-order valence-electron chi connectivity index (χ4n) is 1.05. The molecule has 0 aliphatic heterocycles. The molecular weight excluding hydrogens is 220 g/mol. The largest absolute Gasteiger partial charge is 0.431 e. The van der Waals surface area contributed by atoms with Crippen molar-refractivity contribution in [2.75, 3.05) is 0 Å². The lowest BCUT2D eigenvalue weighted by Crippen LogP contribution is -1.84. The fourth-order valence-corrected chi connectivity index (χ4v) is 1.42. The van der Waals surface area contributed by atoms with Gasteiger partial charge in [-0.15, -0.1) is 0 Å². The molecule has 12 heavy (non-hydrogen) atoms. The molecule has 4 heteroatoms. The molecule has 0 radical (unpaired) electrons. The number of furan rings is 1. The SMILES string of the molecule is Cc1ncc2c(C)c(Br)oc2n1. The summed E-state index contributed by atoms with van der Waals surface area (Å²) in [5, 5.41) is 0.965. The summed E-state index contributed by atoms with van der Waals surface area (Å²) in [6.45, 7) is 3.81. The second kappa shape index (κ2) is 2.55. The topological polar surface area (TPSA) is 38.9 Å². The minimum atomic E-state index is 0.645. The van der Waals surface area contributed by atoms with Crippen LogP contribution in [-0.4, -0.2) is 9.97 Å². The highest BCUT2D eigenvalue weighted by atomic mass is 79.9. The smallest absolute Gasteiger partial charge is 0.231 e. The first-order valence-electron chi connectivity index (χ1n) is 3.56. The molecule has 0 aromatic carbocycles. The van der Waals surface area contributed by atoms with Crippen molar-refractivity contribution in [3.05, 3.63) is 22.3 Å². The van der Waals surface area contributed by atoms with Crippen molar-refractivity contribution in [2.24, 2.45) is 0 Å². The number of fused-ring (bicyclic) bond motifs is 1. The highest BCUT2D eigenvalue weighted by molar-refractivity contribution is 9.10. The van der Waals surface area contributed by atoms with Crippen LogP contribution in [0.2, 0.25) is 0 Å². The van der Waals surface area contributed by atoms with Crippen LogP contribution in [0.25, 0.3) is 11.1 Å². The number of hydrogen-bond acceptors (Lipinski definition) is 3. The van der Waals surface area contributed by atoms with Gasteiger partial charge in [0.2, 0.25) is 5.71 Å². The van der Waals surface area contributed by atoms with Crippen molar-refractivity contribution in [3.63, 3.8) is 0 Å². The number of halogens is 1. The van der Waals surface area contributed by atoms with E-state index in [2.05, 4.69) is 25.9 Å². The molecule has 0 N–H and O–H groups in total. The zero-order chi connectivity index (χ0) is 8.72. The minimum Gasteiger partial charge on any atom is -0.431 e. The third-order valence-electron chi connectivity index (χ3n) is 1.76. The first-order valence-corrected chi connectivity index (χ1v) is 4.36.